The third kappa shape index (κ3) is 7.17. The van der Waals surface area contributed by atoms with Gasteiger partial charge in [-0.2, -0.15) is 0 Å². The molecule has 2 aliphatic heterocycles. The highest BCUT2D eigenvalue weighted by molar-refractivity contribution is 7.90. The van der Waals surface area contributed by atoms with Gasteiger partial charge >= 0.3 is 6.03 Å². The number of ketones is 1. The average molecular weight is 543 g/mol. The van der Waals surface area contributed by atoms with Crippen molar-refractivity contribution in [1.29, 1.82) is 0 Å². The van der Waals surface area contributed by atoms with Gasteiger partial charge < -0.3 is 25.2 Å². The Bertz CT molecular complexity index is 1270. The molecule has 0 aromatic heterocycles. The molecule has 0 spiro atoms. The second kappa shape index (κ2) is 12.2. The van der Waals surface area contributed by atoms with E-state index in [1.165, 1.54) is 9.80 Å². The number of morpholine rings is 1. The first-order valence-corrected chi connectivity index (χ1v) is 14.1. The van der Waals surface area contributed by atoms with E-state index in [9.17, 15) is 27.6 Å². The SMILES string of the molecule is O=C(N[C@@H]1CN(C(=O)c2ccccc2)CC1=O)C(CS(=O)(=O)Cc1ccccc1)NC(=O)N1CCOCC1. The molecule has 2 aliphatic rings. The minimum absolute atomic E-state index is 0.0564. The molecule has 4 rings (SSSR count). The van der Waals surface area contributed by atoms with Crippen molar-refractivity contribution in [3.63, 3.8) is 0 Å². The highest BCUT2D eigenvalue weighted by Crippen LogP contribution is 2.13. The Labute approximate surface area is 221 Å². The standard InChI is InChI=1S/C26H30N4O7S/c31-23-16-30(25(33)20-9-5-2-6-10-20)15-21(23)27-24(32)22(28-26(34)29-11-13-37-14-12-29)18-38(35,36)17-19-7-3-1-4-8-19/h1-10,21-22H,11-18H2,(H,27,32)(H,28,34)/t21-,22?/m1/s1. The molecular weight excluding hydrogens is 512 g/mol. The van der Waals surface area contributed by atoms with E-state index in [0.29, 0.717) is 37.4 Å². The van der Waals surface area contributed by atoms with Crippen LogP contribution in [0.2, 0.25) is 0 Å². The number of amides is 4. The number of sulfone groups is 1. The van der Waals surface area contributed by atoms with Crippen LogP contribution in [0, 0.1) is 0 Å². The Balaban J connectivity index is 1.45. The molecule has 2 atom stereocenters. The van der Waals surface area contributed by atoms with E-state index in [2.05, 4.69) is 10.6 Å². The second-order valence-corrected chi connectivity index (χ2v) is 11.3. The minimum Gasteiger partial charge on any atom is -0.378 e. The monoisotopic (exact) mass is 542 g/mol. The number of nitrogens with zero attached hydrogens (tertiary/aromatic N) is 2. The number of benzene rings is 2. The number of ether oxygens (including phenoxy) is 1. The van der Waals surface area contributed by atoms with Gasteiger partial charge in [0, 0.05) is 25.2 Å². The van der Waals surface area contributed by atoms with Crippen LogP contribution < -0.4 is 10.6 Å². The molecule has 2 heterocycles. The van der Waals surface area contributed by atoms with Crippen LogP contribution in [0.3, 0.4) is 0 Å². The van der Waals surface area contributed by atoms with Gasteiger partial charge in [0.1, 0.15) is 12.1 Å². The van der Waals surface area contributed by atoms with Crippen molar-refractivity contribution in [1.82, 2.24) is 20.4 Å². The maximum absolute atomic E-state index is 13.3. The van der Waals surface area contributed by atoms with E-state index in [0.717, 1.165) is 0 Å². The summed E-state index contributed by atoms with van der Waals surface area (Å²) in [4.78, 5) is 54.2. The first kappa shape index (κ1) is 27.3. The summed E-state index contributed by atoms with van der Waals surface area (Å²) in [5.41, 5.74) is 0.960. The highest BCUT2D eigenvalue weighted by Gasteiger charge is 2.37. The van der Waals surface area contributed by atoms with E-state index in [1.54, 1.807) is 60.7 Å². The Morgan fingerprint density at radius 2 is 1.58 bits per heavy atom. The quantitative estimate of drug-likeness (QED) is 0.486. The largest absolute Gasteiger partial charge is 0.378 e. The number of Topliss-reactive ketones (excluding diaryl/α,β-unsaturated/α-hetero) is 1. The van der Waals surface area contributed by atoms with Crippen molar-refractivity contribution in [2.24, 2.45) is 0 Å². The molecule has 2 aromatic rings. The lowest BCUT2D eigenvalue weighted by Crippen LogP contribution is -2.57. The third-order valence-corrected chi connectivity index (χ3v) is 7.94. The summed E-state index contributed by atoms with van der Waals surface area (Å²) in [7, 11) is -3.83. The summed E-state index contributed by atoms with van der Waals surface area (Å²) in [5.74, 6) is -2.51. The van der Waals surface area contributed by atoms with Crippen molar-refractivity contribution >= 4 is 33.5 Å². The molecular formula is C26H30N4O7S. The zero-order valence-corrected chi connectivity index (χ0v) is 21.6. The molecule has 12 heteroatoms. The molecule has 0 saturated carbocycles. The fourth-order valence-corrected chi connectivity index (χ4v) is 5.89. The molecule has 1 unspecified atom stereocenters. The van der Waals surface area contributed by atoms with E-state index in [1.807, 2.05) is 0 Å². The molecule has 0 aliphatic carbocycles. The summed E-state index contributed by atoms with van der Waals surface area (Å²) in [6.45, 7) is 1.02. The van der Waals surface area contributed by atoms with Crippen molar-refractivity contribution < 1.29 is 32.3 Å². The van der Waals surface area contributed by atoms with E-state index in [4.69, 9.17) is 4.74 Å². The molecule has 2 N–H and O–H groups in total. The first-order chi connectivity index (χ1) is 18.2. The normalized spacial score (nSPS) is 18.6. The lowest BCUT2D eigenvalue weighted by Gasteiger charge is -2.29. The lowest BCUT2D eigenvalue weighted by molar-refractivity contribution is -0.126. The highest BCUT2D eigenvalue weighted by atomic mass is 32.2. The smallest absolute Gasteiger partial charge is 0.318 e. The Morgan fingerprint density at radius 1 is 0.947 bits per heavy atom. The third-order valence-electron chi connectivity index (χ3n) is 6.33. The van der Waals surface area contributed by atoms with Gasteiger partial charge in [-0.3, -0.25) is 14.4 Å². The molecule has 2 fully saturated rings. The molecule has 38 heavy (non-hydrogen) atoms. The van der Waals surface area contributed by atoms with Gasteiger partial charge in [0.05, 0.1) is 31.3 Å². The summed E-state index contributed by atoms with van der Waals surface area (Å²) in [6, 6.07) is 13.9. The number of rotatable bonds is 8. The molecule has 11 nitrogen and oxygen atoms in total. The van der Waals surface area contributed by atoms with E-state index >= 15 is 0 Å². The topological polar surface area (TPSA) is 142 Å². The molecule has 0 bridgehead atoms. The fourth-order valence-electron chi connectivity index (χ4n) is 4.33. The van der Waals surface area contributed by atoms with E-state index in [-0.39, 0.29) is 30.5 Å². The number of urea groups is 1. The molecule has 2 aromatic carbocycles. The van der Waals surface area contributed by atoms with Gasteiger partial charge in [-0.15, -0.1) is 0 Å². The summed E-state index contributed by atoms with van der Waals surface area (Å²) in [6.07, 6.45) is 0. The number of hydrogen-bond donors (Lipinski definition) is 2. The van der Waals surface area contributed by atoms with Crippen molar-refractivity contribution in [2.45, 2.75) is 17.8 Å². The minimum atomic E-state index is -3.83. The number of carbonyl (C=O) groups is 4. The predicted octanol–water partition coefficient (Wildman–Crippen LogP) is 0.222. The number of hydrogen-bond acceptors (Lipinski definition) is 7. The zero-order chi connectivity index (χ0) is 27.1. The first-order valence-electron chi connectivity index (χ1n) is 12.3. The average Bonchev–Trinajstić information content (AvgIpc) is 3.28. The van der Waals surface area contributed by atoms with Crippen LogP contribution in [0.25, 0.3) is 0 Å². The van der Waals surface area contributed by atoms with Crippen LogP contribution in [-0.2, 0) is 29.9 Å². The number of likely N-dealkylation sites (tertiary alicyclic amines) is 1. The fraction of sp³-hybridized carbons (Fsp3) is 0.385. The van der Waals surface area contributed by atoms with Gasteiger partial charge in [0.25, 0.3) is 5.91 Å². The Hall–Kier alpha value is -3.77. The van der Waals surface area contributed by atoms with Gasteiger partial charge in [-0.25, -0.2) is 13.2 Å². The second-order valence-electron chi connectivity index (χ2n) is 9.22. The molecule has 4 amide bonds. The summed E-state index contributed by atoms with van der Waals surface area (Å²) >= 11 is 0. The van der Waals surface area contributed by atoms with Crippen LogP contribution in [0.1, 0.15) is 15.9 Å². The zero-order valence-electron chi connectivity index (χ0n) is 20.7. The van der Waals surface area contributed by atoms with Crippen LogP contribution in [0.5, 0.6) is 0 Å². The van der Waals surface area contributed by atoms with Crippen molar-refractivity contribution in [3.05, 3.63) is 71.8 Å². The van der Waals surface area contributed by atoms with Crippen molar-refractivity contribution in [2.75, 3.05) is 45.1 Å². The maximum Gasteiger partial charge on any atom is 0.318 e. The maximum atomic E-state index is 13.3. The number of carbonyl (C=O) groups excluding carboxylic acids is 4. The molecule has 0 radical (unpaired) electrons. The van der Waals surface area contributed by atoms with Crippen molar-refractivity contribution in [3.8, 4) is 0 Å². The van der Waals surface area contributed by atoms with Crippen LogP contribution in [-0.4, -0.2) is 99.1 Å². The Morgan fingerprint density at radius 3 is 2.24 bits per heavy atom. The summed E-state index contributed by atoms with van der Waals surface area (Å²) < 4.78 is 31.2. The van der Waals surface area contributed by atoms with Crippen LogP contribution in [0.15, 0.2) is 60.7 Å². The summed E-state index contributed by atoms with van der Waals surface area (Å²) in [5, 5.41) is 5.08. The Kier molecular flexibility index (Phi) is 8.74. The van der Waals surface area contributed by atoms with Crippen LogP contribution in [0.4, 0.5) is 4.79 Å². The van der Waals surface area contributed by atoms with Gasteiger partial charge in [-0.05, 0) is 17.7 Å². The van der Waals surface area contributed by atoms with Crippen LogP contribution >= 0.6 is 0 Å². The van der Waals surface area contributed by atoms with E-state index < -0.39 is 39.6 Å². The molecule has 202 valence electrons. The van der Waals surface area contributed by atoms with Gasteiger partial charge in [0.2, 0.25) is 5.91 Å². The lowest BCUT2D eigenvalue weighted by atomic mass is 10.2. The van der Waals surface area contributed by atoms with Gasteiger partial charge in [0.15, 0.2) is 15.6 Å². The molecule has 2 saturated heterocycles. The predicted molar refractivity (Wildman–Crippen MR) is 138 cm³/mol. The number of nitrogens with one attached hydrogen (secondary N) is 2. The van der Waals surface area contributed by atoms with Gasteiger partial charge in [-0.1, -0.05) is 48.5 Å².